The average Bonchev–Trinajstić information content (AvgIpc) is 2.41. The van der Waals surface area contributed by atoms with E-state index >= 15 is 0 Å². The van der Waals surface area contributed by atoms with Crippen molar-refractivity contribution in [3.05, 3.63) is 59.1 Å². The van der Waals surface area contributed by atoms with E-state index < -0.39 is 0 Å². The van der Waals surface area contributed by atoms with Crippen molar-refractivity contribution in [3.63, 3.8) is 0 Å². The van der Waals surface area contributed by atoms with Crippen molar-refractivity contribution in [2.45, 2.75) is 19.8 Å². The minimum Gasteiger partial charge on any atom is -0.330 e. The summed E-state index contributed by atoms with van der Waals surface area (Å²) in [5.74, 6) is 0.635. The molecule has 0 radical (unpaired) electrons. The van der Waals surface area contributed by atoms with Crippen LogP contribution in [0.5, 0.6) is 0 Å². The van der Waals surface area contributed by atoms with Crippen LogP contribution >= 0.6 is 11.6 Å². The van der Waals surface area contributed by atoms with E-state index in [9.17, 15) is 0 Å². The molecule has 1 atom stereocenters. The van der Waals surface area contributed by atoms with Gasteiger partial charge in [-0.05, 0) is 42.5 Å². The summed E-state index contributed by atoms with van der Waals surface area (Å²) < 4.78 is 0. The van der Waals surface area contributed by atoms with E-state index in [1.807, 2.05) is 24.3 Å². The molecule has 0 aromatic heterocycles. The first-order chi connectivity index (χ1) is 9.20. The molecular formula is C17H20ClN. The molecule has 2 N–H and O–H groups in total. The Labute approximate surface area is 120 Å². The van der Waals surface area contributed by atoms with Crippen LogP contribution in [0.4, 0.5) is 0 Å². The zero-order valence-electron chi connectivity index (χ0n) is 11.3. The summed E-state index contributed by atoms with van der Waals surface area (Å²) in [6, 6.07) is 16.6. The van der Waals surface area contributed by atoms with Crippen LogP contribution in [-0.2, 0) is 6.42 Å². The number of hydrogen-bond acceptors (Lipinski definition) is 1. The Morgan fingerprint density at radius 1 is 1.05 bits per heavy atom. The van der Waals surface area contributed by atoms with Crippen LogP contribution in [0, 0.1) is 5.92 Å². The fourth-order valence-corrected chi connectivity index (χ4v) is 2.55. The Bertz CT molecular complexity index is 519. The number of rotatable bonds is 5. The predicted molar refractivity (Wildman–Crippen MR) is 83.4 cm³/mol. The molecule has 0 heterocycles. The second-order valence-corrected chi connectivity index (χ2v) is 5.47. The standard InChI is InChI=1S/C17H20ClN/c1-13(10-11-19)12-14-6-8-15(9-7-14)16-4-2-3-5-17(16)18/h2-9,13H,10-12,19H2,1H3. The van der Waals surface area contributed by atoms with Gasteiger partial charge in [0, 0.05) is 10.6 Å². The molecule has 1 nitrogen and oxygen atoms in total. The van der Waals surface area contributed by atoms with Crippen molar-refractivity contribution in [2.24, 2.45) is 11.7 Å². The second-order valence-electron chi connectivity index (χ2n) is 5.06. The van der Waals surface area contributed by atoms with Gasteiger partial charge >= 0.3 is 0 Å². The summed E-state index contributed by atoms with van der Waals surface area (Å²) in [6.45, 7) is 3.01. The Morgan fingerprint density at radius 2 is 1.74 bits per heavy atom. The first-order valence-electron chi connectivity index (χ1n) is 6.74. The summed E-state index contributed by atoms with van der Waals surface area (Å²) >= 11 is 6.21. The minimum atomic E-state index is 0.635. The van der Waals surface area contributed by atoms with E-state index in [2.05, 4.69) is 31.2 Å². The highest BCUT2D eigenvalue weighted by Gasteiger charge is 2.05. The Kier molecular flexibility index (Phi) is 5.00. The normalized spacial score (nSPS) is 12.4. The Hall–Kier alpha value is -1.31. The van der Waals surface area contributed by atoms with Gasteiger partial charge in [0.15, 0.2) is 0 Å². The van der Waals surface area contributed by atoms with Crippen molar-refractivity contribution in [1.29, 1.82) is 0 Å². The zero-order chi connectivity index (χ0) is 13.7. The van der Waals surface area contributed by atoms with E-state index in [0.717, 1.165) is 30.0 Å². The molecule has 0 aliphatic heterocycles. The first-order valence-corrected chi connectivity index (χ1v) is 7.12. The van der Waals surface area contributed by atoms with E-state index in [0.29, 0.717) is 5.92 Å². The lowest BCUT2D eigenvalue weighted by Gasteiger charge is -2.11. The summed E-state index contributed by atoms with van der Waals surface area (Å²) in [5.41, 5.74) is 9.20. The second kappa shape index (κ2) is 6.74. The molecule has 0 aliphatic rings. The highest BCUT2D eigenvalue weighted by atomic mass is 35.5. The van der Waals surface area contributed by atoms with Crippen LogP contribution in [-0.4, -0.2) is 6.54 Å². The van der Waals surface area contributed by atoms with Gasteiger partial charge in [0.05, 0.1) is 0 Å². The Balaban J connectivity index is 2.13. The van der Waals surface area contributed by atoms with Crippen LogP contribution in [0.15, 0.2) is 48.5 Å². The topological polar surface area (TPSA) is 26.0 Å². The lowest BCUT2D eigenvalue weighted by atomic mass is 9.96. The summed E-state index contributed by atoms with van der Waals surface area (Å²) in [6.07, 6.45) is 2.16. The summed E-state index contributed by atoms with van der Waals surface area (Å²) in [5, 5.41) is 0.798. The van der Waals surface area contributed by atoms with Crippen molar-refractivity contribution in [2.75, 3.05) is 6.54 Å². The third-order valence-corrected chi connectivity index (χ3v) is 3.71. The summed E-state index contributed by atoms with van der Waals surface area (Å²) in [7, 11) is 0. The molecule has 0 saturated heterocycles. The van der Waals surface area contributed by atoms with Crippen molar-refractivity contribution in [3.8, 4) is 11.1 Å². The van der Waals surface area contributed by atoms with Gasteiger partial charge in [-0.1, -0.05) is 61.0 Å². The van der Waals surface area contributed by atoms with Crippen LogP contribution in [0.25, 0.3) is 11.1 Å². The van der Waals surface area contributed by atoms with E-state index in [4.69, 9.17) is 17.3 Å². The highest BCUT2D eigenvalue weighted by molar-refractivity contribution is 6.33. The molecule has 2 aromatic carbocycles. The molecule has 0 saturated carbocycles. The van der Waals surface area contributed by atoms with Crippen molar-refractivity contribution < 1.29 is 0 Å². The lowest BCUT2D eigenvalue weighted by molar-refractivity contribution is 0.538. The maximum Gasteiger partial charge on any atom is 0.0484 e. The van der Waals surface area contributed by atoms with Crippen LogP contribution in [0.3, 0.4) is 0 Å². The van der Waals surface area contributed by atoms with Gasteiger partial charge in [-0.2, -0.15) is 0 Å². The Morgan fingerprint density at radius 3 is 2.37 bits per heavy atom. The SMILES string of the molecule is CC(CCN)Cc1ccc(-c2ccccc2Cl)cc1. The number of halogens is 1. The molecule has 0 fully saturated rings. The van der Waals surface area contributed by atoms with Gasteiger partial charge in [0.1, 0.15) is 0 Å². The smallest absolute Gasteiger partial charge is 0.0484 e. The number of hydrogen-bond donors (Lipinski definition) is 1. The molecule has 2 heteroatoms. The lowest BCUT2D eigenvalue weighted by Crippen LogP contribution is -2.07. The zero-order valence-corrected chi connectivity index (χ0v) is 12.0. The fourth-order valence-electron chi connectivity index (χ4n) is 2.30. The predicted octanol–water partition coefficient (Wildman–Crippen LogP) is 4.53. The molecule has 1 unspecified atom stereocenters. The molecule has 0 aliphatic carbocycles. The molecule has 19 heavy (non-hydrogen) atoms. The largest absolute Gasteiger partial charge is 0.330 e. The molecule has 2 rings (SSSR count). The van der Waals surface area contributed by atoms with Crippen LogP contribution in [0.1, 0.15) is 18.9 Å². The third-order valence-electron chi connectivity index (χ3n) is 3.38. The van der Waals surface area contributed by atoms with Gasteiger partial charge in [0.2, 0.25) is 0 Å². The maximum absolute atomic E-state index is 6.21. The number of nitrogens with two attached hydrogens (primary N) is 1. The van der Waals surface area contributed by atoms with Crippen molar-refractivity contribution >= 4 is 11.6 Å². The van der Waals surface area contributed by atoms with Gasteiger partial charge in [-0.3, -0.25) is 0 Å². The van der Waals surface area contributed by atoms with E-state index in [-0.39, 0.29) is 0 Å². The van der Waals surface area contributed by atoms with Gasteiger partial charge in [-0.25, -0.2) is 0 Å². The van der Waals surface area contributed by atoms with Crippen molar-refractivity contribution in [1.82, 2.24) is 0 Å². The molecule has 0 amide bonds. The van der Waals surface area contributed by atoms with Gasteiger partial charge in [-0.15, -0.1) is 0 Å². The quantitative estimate of drug-likeness (QED) is 0.851. The van der Waals surface area contributed by atoms with Crippen LogP contribution in [0.2, 0.25) is 5.02 Å². The fraction of sp³-hybridized carbons (Fsp3) is 0.294. The first kappa shape index (κ1) is 14.1. The van der Waals surface area contributed by atoms with E-state index in [1.165, 1.54) is 11.1 Å². The average molecular weight is 274 g/mol. The van der Waals surface area contributed by atoms with Gasteiger partial charge < -0.3 is 5.73 Å². The molecular weight excluding hydrogens is 254 g/mol. The van der Waals surface area contributed by atoms with E-state index in [1.54, 1.807) is 0 Å². The number of benzene rings is 2. The van der Waals surface area contributed by atoms with Crippen LogP contribution < -0.4 is 5.73 Å². The maximum atomic E-state index is 6.21. The summed E-state index contributed by atoms with van der Waals surface area (Å²) in [4.78, 5) is 0. The minimum absolute atomic E-state index is 0.635. The third kappa shape index (κ3) is 3.82. The monoisotopic (exact) mass is 273 g/mol. The highest BCUT2D eigenvalue weighted by Crippen LogP contribution is 2.27. The molecule has 100 valence electrons. The molecule has 0 bridgehead atoms. The van der Waals surface area contributed by atoms with Gasteiger partial charge in [0.25, 0.3) is 0 Å². The molecule has 0 spiro atoms. The molecule has 2 aromatic rings.